The maximum absolute atomic E-state index is 13.3. The highest BCUT2D eigenvalue weighted by Gasteiger charge is 2.10. The summed E-state index contributed by atoms with van der Waals surface area (Å²) in [5, 5.41) is 5.24. The van der Waals surface area contributed by atoms with Gasteiger partial charge in [0.2, 0.25) is 0 Å². The molecule has 5 heteroatoms. The molecule has 3 rings (SSSR count). The fourth-order valence-electron chi connectivity index (χ4n) is 3.17. The van der Waals surface area contributed by atoms with E-state index in [1.54, 1.807) is 6.07 Å². The number of nitrogens with zero attached hydrogens (tertiary/aromatic N) is 2. The molecule has 0 aliphatic carbocycles. The molecule has 3 aromatic rings. The Bertz CT molecular complexity index is 873. The Balaban J connectivity index is 1.76. The molecule has 0 unspecified atom stereocenters. The van der Waals surface area contributed by atoms with E-state index >= 15 is 0 Å². The summed E-state index contributed by atoms with van der Waals surface area (Å²) >= 11 is 6.21. The molecule has 0 atom stereocenters. The monoisotopic (exact) mass is 373 g/mol. The first-order chi connectivity index (χ1) is 12.5. The second kappa shape index (κ2) is 8.67. The third-order valence-corrected chi connectivity index (χ3v) is 4.85. The zero-order valence-corrected chi connectivity index (χ0v) is 16.1. The van der Waals surface area contributed by atoms with Crippen molar-refractivity contribution in [2.24, 2.45) is 0 Å². The lowest BCUT2D eigenvalue weighted by molar-refractivity contribution is 0.394. The van der Waals surface area contributed by atoms with Gasteiger partial charge in [0.1, 0.15) is 5.82 Å². The van der Waals surface area contributed by atoms with Crippen LogP contribution in [-0.4, -0.2) is 36.7 Å². The molecule has 0 bridgehead atoms. The minimum atomic E-state index is -0.307. The molecule has 0 radical (unpaired) electrons. The number of rotatable bonds is 8. The summed E-state index contributed by atoms with van der Waals surface area (Å²) in [4.78, 5) is 2.19. The van der Waals surface area contributed by atoms with Gasteiger partial charge >= 0.3 is 0 Å². The van der Waals surface area contributed by atoms with E-state index in [0.717, 1.165) is 37.1 Å². The average molecular weight is 374 g/mol. The first-order valence-corrected chi connectivity index (χ1v) is 9.28. The summed E-state index contributed by atoms with van der Waals surface area (Å²) in [6.07, 6.45) is 3.29. The SMILES string of the molecule is CN(C)CCCNCc1cn(Cc2ccc(F)cc2Cl)c2ccccc12. The smallest absolute Gasteiger partial charge is 0.124 e. The lowest BCUT2D eigenvalue weighted by atomic mass is 10.2. The van der Waals surface area contributed by atoms with E-state index < -0.39 is 0 Å². The molecule has 1 heterocycles. The van der Waals surface area contributed by atoms with Gasteiger partial charge in [0.25, 0.3) is 0 Å². The summed E-state index contributed by atoms with van der Waals surface area (Å²) < 4.78 is 15.5. The second-order valence-electron chi connectivity index (χ2n) is 6.87. The van der Waals surface area contributed by atoms with Crippen molar-refractivity contribution in [3.05, 3.63) is 70.6 Å². The Morgan fingerprint density at radius 2 is 1.92 bits per heavy atom. The van der Waals surface area contributed by atoms with Crippen molar-refractivity contribution in [1.82, 2.24) is 14.8 Å². The molecule has 0 aliphatic heterocycles. The van der Waals surface area contributed by atoms with Crippen molar-refractivity contribution in [2.75, 3.05) is 27.2 Å². The van der Waals surface area contributed by atoms with Crippen molar-refractivity contribution in [3.63, 3.8) is 0 Å². The van der Waals surface area contributed by atoms with E-state index in [9.17, 15) is 4.39 Å². The third-order valence-electron chi connectivity index (χ3n) is 4.50. The van der Waals surface area contributed by atoms with Gasteiger partial charge < -0.3 is 14.8 Å². The van der Waals surface area contributed by atoms with Crippen LogP contribution in [0.3, 0.4) is 0 Å². The molecule has 2 aromatic carbocycles. The maximum Gasteiger partial charge on any atom is 0.124 e. The van der Waals surface area contributed by atoms with E-state index in [2.05, 4.69) is 53.3 Å². The maximum atomic E-state index is 13.3. The van der Waals surface area contributed by atoms with E-state index in [-0.39, 0.29) is 5.82 Å². The molecule has 0 amide bonds. The zero-order valence-electron chi connectivity index (χ0n) is 15.3. The van der Waals surface area contributed by atoms with Crippen LogP contribution in [0.5, 0.6) is 0 Å². The highest BCUT2D eigenvalue weighted by Crippen LogP contribution is 2.25. The van der Waals surface area contributed by atoms with Gasteiger partial charge in [-0.3, -0.25) is 0 Å². The van der Waals surface area contributed by atoms with Crippen molar-refractivity contribution in [1.29, 1.82) is 0 Å². The highest BCUT2D eigenvalue weighted by atomic mass is 35.5. The van der Waals surface area contributed by atoms with Gasteiger partial charge in [-0.25, -0.2) is 4.39 Å². The van der Waals surface area contributed by atoms with Gasteiger partial charge in [-0.1, -0.05) is 35.9 Å². The molecular weight excluding hydrogens is 349 g/mol. The standard InChI is InChI=1S/C21H25ClFN3/c1-25(2)11-5-10-24-13-17-15-26(21-7-4-3-6-19(17)21)14-16-8-9-18(23)12-20(16)22/h3-4,6-9,12,15,24H,5,10-11,13-14H2,1-2H3. The molecule has 0 fully saturated rings. The molecular formula is C21H25ClFN3. The summed E-state index contributed by atoms with van der Waals surface area (Å²) in [5.41, 5.74) is 3.35. The molecule has 3 nitrogen and oxygen atoms in total. The van der Waals surface area contributed by atoms with E-state index in [4.69, 9.17) is 11.6 Å². The van der Waals surface area contributed by atoms with Crippen LogP contribution >= 0.6 is 11.6 Å². The minimum Gasteiger partial charge on any atom is -0.343 e. The van der Waals surface area contributed by atoms with Crippen LogP contribution in [0.2, 0.25) is 5.02 Å². The van der Waals surface area contributed by atoms with E-state index in [1.807, 2.05) is 6.07 Å². The largest absolute Gasteiger partial charge is 0.343 e. The number of nitrogens with one attached hydrogen (secondary N) is 1. The summed E-state index contributed by atoms with van der Waals surface area (Å²) in [6.45, 7) is 3.53. The second-order valence-corrected chi connectivity index (χ2v) is 7.28. The number of hydrogen-bond acceptors (Lipinski definition) is 2. The summed E-state index contributed by atoms with van der Waals surface area (Å²) in [5.74, 6) is -0.307. The van der Waals surface area contributed by atoms with Gasteiger partial charge in [0.15, 0.2) is 0 Å². The van der Waals surface area contributed by atoms with Crippen LogP contribution in [0.25, 0.3) is 10.9 Å². The zero-order chi connectivity index (χ0) is 18.5. The number of aromatic nitrogens is 1. The van der Waals surface area contributed by atoms with Crippen LogP contribution in [0, 0.1) is 5.82 Å². The van der Waals surface area contributed by atoms with Crippen LogP contribution in [0.15, 0.2) is 48.7 Å². The summed E-state index contributed by atoms with van der Waals surface area (Å²) in [7, 11) is 4.18. The molecule has 0 aliphatic rings. The number of fused-ring (bicyclic) bond motifs is 1. The molecule has 1 N–H and O–H groups in total. The average Bonchev–Trinajstić information content (AvgIpc) is 2.95. The number of para-hydroxylation sites is 1. The molecule has 0 saturated heterocycles. The number of hydrogen-bond donors (Lipinski definition) is 1. The molecule has 1 aromatic heterocycles. The predicted octanol–water partition coefficient (Wildman–Crippen LogP) is 4.52. The van der Waals surface area contributed by atoms with Gasteiger partial charge in [-0.05, 0) is 62.9 Å². The number of halogens is 2. The Hall–Kier alpha value is -1.88. The lowest BCUT2D eigenvalue weighted by Gasteiger charge is -2.09. The minimum absolute atomic E-state index is 0.307. The Kier molecular flexibility index (Phi) is 6.30. The Morgan fingerprint density at radius 1 is 1.12 bits per heavy atom. The number of benzene rings is 2. The highest BCUT2D eigenvalue weighted by molar-refractivity contribution is 6.31. The Labute approximate surface area is 159 Å². The topological polar surface area (TPSA) is 20.2 Å². The van der Waals surface area contributed by atoms with Crippen LogP contribution in [0.4, 0.5) is 4.39 Å². The predicted molar refractivity (Wildman–Crippen MR) is 107 cm³/mol. The molecule has 0 spiro atoms. The van der Waals surface area contributed by atoms with Crippen molar-refractivity contribution >= 4 is 22.5 Å². The van der Waals surface area contributed by atoms with E-state index in [1.165, 1.54) is 23.1 Å². The van der Waals surface area contributed by atoms with Crippen molar-refractivity contribution < 1.29 is 4.39 Å². The van der Waals surface area contributed by atoms with Gasteiger partial charge in [-0.2, -0.15) is 0 Å². The quantitative estimate of drug-likeness (QED) is 0.586. The van der Waals surface area contributed by atoms with Crippen LogP contribution in [0.1, 0.15) is 17.5 Å². The fraction of sp³-hybridized carbons (Fsp3) is 0.333. The fourth-order valence-corrected chi connectivity index (χ4v) is 3.40. The van der Waals surface area contributed by atoms with Gasteiger partial charge in [-0.15, -0.1) is 0 Å². The van der Waals surface area contributed by atoms with Gasteiger partial charge in [0, 0.05) is 35.2 Å². The first-order valence-electron chi connectivity index (χ1n) is 8.90. The molecule has 26 heavy (non-hydrogen) atoms. The normalized spacial score (nSPS) is 11.6. The molecule has 0 saturated carbocycles. The first kappa shape index (κ1) is 18.9. The van der Waals surface area contributed by atoms with Crippen molar-refractivity contribution in [2.45, 2.75) is 19.5 Å². The van der Waals surface area contributed by atoms with Crippen LogP contribution < -0.4 is 5.32 Å². The van der Waals surface area contributed by atoms with Crippen molar-refractivity contribution in [3.8, 4) is 0 Å². The third kappa shape index (κ3) is 4.64. The van der Waals surface area contributed by atoms with E-state index in [0.29, 0.717) is 11.6 Å². The molecule has 138 valence electrons. The summed E-state index contributed by atoms with van der Waals surface area (Å²) in [6, 6.07) is 12.9. The van der Waals surface area contributed by atoms with Gasteiger partial charge in [0.05, 0.1) is 0 Å². The Morgan fingerprint density at radius 3 is 2.69 bits per heavy atom. The lowest BCUT2D eigenvalue weighted by Crippen LogP contribution is -2.20. The van der Waals surface area contributed by atoms with Crippen LogP contribution in [-0.2, 0) is 13.1 Å².